The van der Waals surface area contributed by atoms with Crippen LogP contribution in [0.3, 0.4) is 0 Å². The van der Waals surface area contributed by atoms with E-state index in [0.717, 1.165) is 38.5 Å². The van der Waals surface area contributed by atoms with Gasteiger partial charge in [-0.25, -0.2) is 0 Å². The number of H-pyrrole nitrogens is 2. The standard InChI is InChI=1S/C34H30N2/c1-3-9-23(10-4-1)13-7-15-27-17-25-19-29-31(21-33(25)35-27)30-20-26-18-28(36-34(26)22-32(29)30)16-8-14-24-11-5-2-6-12-24/h1-6,9-12,17-22,35-36H,7-8,13-16H2. The lowest BCUT2D eigenvalue weighted by molar-refractivity contribution is 0.806. The second-order valence-electron chi connectivity index (χ2n) is 10.2. The molecule has 1 aliphatic rings. The molecule has 0 saturated carbocycles. The molecule has 1 aliphatic carbocycles. The molecule has 0 atom stereocenters. The van der Waals surface area contributed by atoms with Crippen molar-refractivity contribution in [2.24, 2.45) is 0 Å². The number of aromatic nitrogens is 2. The van der Waals surface area contributed by atoms with Crippen molar-refractivity contribution in [1.82, 2.24) is 9.97 Å². The molecule has 0 aliphatic heterocycles. The zero-order valence-electron chi connectivity index (χ0n) is 20.5. The average Bonchev–Trinajstić information content (AvgIpc) is 3.50. The highest BCUT2D eigenvalue weighted by Gasteiger charge is 2.24. The molecule has 0 unspecified atom stereocenters. The van der Waals surface area contributed by atoms with Crippen LogP contribution < -0.4 is 0 Å². The maximum atomic E-state index is 3.69. The molecule has 0 bridgehead atoms. The SMILES string of the molecule is c1ccc(CCCc2cc3cc4c(cc3[nH]2)-c2cc3cc(CCCc5ccccc5)[nH]c3cc2-4)cc1. The molecule has 2 aromatic heterocycles. The molecule has 0 saturated heterocycles. The largest absolute Gasteiger partial charge is 0.358 e. The van der Waals surface area contributed by atoms with Crippen LogP contribution in [0.4, 0.5) is 0 Å². The van der Waals surface area contributed by atoms with Gasteiger partial charge in [-0.05, 0) is 108 Å². The first-order chi connectivity index (χ1) is 17.8. The van der Waals surface area contributed by atoms with Crippen LogP contribution in [0.25, 0.3) is 44.1 Å². The lowest BCUT2D eigenvalue weighted by atomic mass is 9.79. The van der Waals surface area contributed by atoms with E-state index in [1.54, 1.807) is 0 Å². The van der Waals surface area contributed by atoms with Crippen LogP contribution in [-0.2, 0) is 25.7 Å². The highest BCUT2D eigenvalue weighted by atomic mass is 14.7. The minimum absolute atomic E-state index is 1.08. The van der Waals surface area contributed by atoms with Gasteiger partial charge in [-0.3, -0.25) is 0 Å². The quantitative estimate of drug-likeness (QED) is 0.225. The van der Waals surface area contributed by atoms with Gasteiger partial charge in [0.15, 0.2) is 0 Å². The Hall–Kier alpha value is -4.04. The summed E-state index contributed by atoms with van der Waals surface area (Å²) < 4.78 is 0. The van der Waals surface area contributed by atoms with E-state index < -0.39 is 0 Å². The van der Waals surface area contributed by atoms with Gasteiger partial charge in [0.2, 0.25) is 0 Å². The Morgan fingerprint density at radius 1 is 0.417 bits per heavy atom. The smallest absolute Gasteiger partial charge is 0.0462 e. The summed E-state index contributed by atoms with van der Waals surface area (Å²) in [6, 6.07) is 35.7. The van der Waals surface area contributed by atoms with Crippen molar-refractivity contribution in [2.45, 2.75) is 38.5 Å². The summed E-state index contributed by atoms with van der Waals surface area (Å²) in [6.45, 7) is 0. The summed E-state index contributed by atoms with van der Waals surface area (Å²) in [6.07, 6.45) is 6.73. The molecule has 7 rings (SSSR count). The van der Waals surface area contributed by atoms with Gasteiger partial charge in [0.25, 0.3) is 0 Å². The van der Waals surface area contributed by atoms with E-state index in [1.165, 1.54) is 66.6 Å². The molecular weight excluding hydrogens is 436 g/mol. The summed E-state index contributed by atoms with van der Waals surface area (Å²) in [5, 5.41) is 2.64. The van der Waals surface area contributed by atoms with Crippen LogP contribution in [0.1, 0.15) is 35.4 Å². The van der Waals surface area contributed by atoms with Crippen LogP contribution in [0.5, 0.6) is 0 Å². The third-order valence-corrected chi connectivity index (χ3v) is 7.72. The molecule has 2 heterocycles. The van der Waals surface area contributed by atoms with Crippen molar-refractivity contribution < 1.29 is 0 Å². The first kappa shape index (κ1) is 21.3. The average molecular weight is 467 g/mol. The van der Waals surface area contributed by atoms with Crippen molar-refractivity contribution in [1.29, 1.82) is 0 Å². The Morgan fingerprint density at radius 2 is 0.833 bits per heavy atom. The fraction of sp³-hybridized carbons (Fsp3) is 0.176. The van der Waals surface area contributed by atoms with Gasteiger partial charge in [0, 0.05) is 33.2 Å². The molecule has 2 N–H and O–H groups in total. The summed E-state index contributed by atoms with van der Waals surface area (Å²) in [4.78, 5) is 7.37. The molecule has 176 valence electrons. The summed E-state index contributed by atoms with van der Waals surface area (Å²) in [5.41, 5.74) is 13.5. The number of hydrogen-bond donors (Lipinski definition) is 2. The highest BCUT2D eigenvalue weighted by molar-refractivity contribution is 6.11. The molecule has 0 fully saturated rings. The lowest BCUT2D eigenvalue weighted by Gasteiger charge is -2.24. The van der Waals surface area contributed by atoms with Crippen LogP contribution in [-0.4, -0.2) is 9.97 Å². The summed E-state index contributed by atoms with van der Waals surface area (Å²) >= 11 is 0. The summed E-state index contributed by atoms with van der Waals surface area (Å²) in [7, 11) is 0. The molecule has 0 radical (unpaired) electrons. The number of aromatic amines is 2. The van der Waals surface area contributed by atoms with Crippen LogP contribution >= 0.6 is 0 Å². The van der Waals surface area contributed by atoms with E-state index in [2.05, 4.69) is 107 Å². The van der Waals surface area contributed by atoms with Crippen molar-refractivity contribution in [3.63, 3.8) is 0 Å². The van der Waals surface area contributed by atoms with E-state index in [9.17, 15) is 0 Å². The zero-order valence-corrected chi connectivity index (χ0v) is 20.5. The summed E-state index contributed by atoms with van der Waals surface area (Å²) in [5.74, 6) is 0. The maximum Gasteiger partial charge on any atom is 0.0462 e. The monoisotopic (exact) mass is 466 g/mol. The van der Waals surface area contributed by atoms with Gasteiger partial charge in [-0.2, -0.15) is 0 Å². The van der Waals surface area contributed by atoms with Crippen LogP contribution in [0, 0.1) is 0 Å². The molecule has 0 spiro atoms. The van der Waals surface area contributed by atoms with Gasteiger partial charge in [-0.15, -0.1) is 0 Å². The molecule has 2 heteroatoms. The normalized spacial score (nSPS) is 12.0. The minimum atomic E-state index is 1.08. The third-order valence-electron chi connectivity index (χ3n) is 7.72. The van der Waals surface area contributed by atoms with Gasteiger partial charge in [0.1, 0.15) is 0 Å². The van der Waals surface area contributed by atoms with Crippen molar-refractivity contribution in [3.05, 3.63) is 120 Å². The fourth-order valence-corrected chi connectivity index (χ4v) is 5.84. The van der Waals surface area contributed by atoms with E-state index in [1.807, 2.05) is 0 Å². The van der Waals surface area contributed by atoms with E-state index in [0.29, 0.717) is 0 Å². The van der Waals surface area contributed by atoms with E-state index in [-0.39, 0.29) is 0 Å². The number of benzene rings is 4. The van der Waals surface area contributed by atoms with E-state index in [4.69, 9.17) is 0 Å². The third kappa shape index (κ3) is 3.93. The number of rotatable bonds is 8. The van der Waals surface area contributed by atoms with Crippen LogP contribution in [0.2, 0.25) is 0 Å². The Bertz CT molecular complexity index is 1450. The predicted octanol–water partition coefficient (Wildman–Crippen LogP) is 8.65. The Labute approximate surface area is 212 Å². The first-order valence-corrected chi connectivity index (χ1v) is 13.2. The molecule has 6 aromatic rings. The Kier molecular flexibility index (Phi) is 5.24. The van der Waals surface area contributed by atoms with Crippen molar-refractivity contribution >= 4 is 21.8 Å². The van der Waals surface area contributed by atoms with Gasteiger partial charge < -0.3 is 9.97 Å². The van der Waals surface area contributed by atoms with Gasteiger partial charge in [0.05, 0.1) is 0 Å². The second-order valence-corrected chi connectivity index (χ2v) is 10.2. The number of fused-ring (bicyclic) bond motifs is 6. The number of hydrogen-bond acceptors (Lipinski definition) is 0. The van der Waals surface area contributed by atoms with E-state index >= 15 is 0 Å². The fourth-order valence-electron chi connectivity index (χ4n) is 5.84. The van der Waals surface area contributed by atoms with Gasteiger partial charge in [-0.1, -0.05) is 60.7 Å². The molecule has 4 aromatic carbocycles. The molecule has 36 heavy (non-hydrogen) atoms. The number of aryl methyl sites for hydroxylation is 4. The maximum absolute atomic E-state index is 3.69. The number of nitrogens with one attached hydrogen (secondary N) is 2. The Morgan fingerprint density at radius 3 is 1.28 bits per heavy atom. The van der Waals surface area contributed by atoms with Gasteiger partial charge >= 0.3 is 0 Å². The molecule has 2 nitrogen and oxygen atoms in total. The second kappa shape index (κ2) is 8.87. The first-order valence-electron chi connectivity index (χ1n) is 13.2. The Balaban J connectivity index is 1.07. The zero-order chi connectivity index (χ0) is 23.9. The lowest BCUT2D eigenvalue weighted by Crippen LogP contribution is -1.98. The highest BCUT2D eigenvalue weighted by Crippen LogP contribution is 2.50. The van der Waals surface area contributed by atoms with Crippen molar-refractivity contribution in [2.75, 3.05) is 0 Å². The molecular formula is C34H30N2. The minimum Gasteiger partial charge on any atom is -0.358 e. The van der Waals surface area contributed by atoms with Crippen LogP contribution in [0.15, 0.2) is 97.1 Å². The van der Waals surface area contributed by atoms with Crippen molar-refractivity contribution in [3.8, 4) is 22.3 Å². The topological polar surface area (TPSA) is 31.6 Å². The predicted molar refractivity (Wildman–Crippen MR) is 152 cm³/mol. The molecule has 0 amide bonds.